The molecule has 0 aliphatic heterocycles. The predicted molar refractivity (Wildman–Crippen MR) is 75.2 cm³/mol. The number of nitrogens with zero attached hydrogens (tertiary/aromatic N) is 2. The molecule has 24 heavy (non-hydrogen) atoms. The monoisotopic (exact) mass is 344 g/mol. The highest BCUT2D eigenvalue weighted by Gasteiger charge is 2.16. The first-order valence-corrected chi connectivity index (χ1v) is 6.72. The molecule has 2 N–H and O–H groups in total. The fourth-order valence-corrected chi connectivity index (χ4v) is 1.85. The number of aromatic nitrogens is 2. The van der Waals surface area contributed by atoms with E-state index in [0.29, 0.717) is 4.57 Å². The third-order valence-electron chi connectivity index (χ3n) is 2.98. The van der Waals surface area contributed by atoms with Crippen LogP contribution in [-0.2, 0) is 16.0 Å². The molecule has 0 unspecified atom stereocenters. The molecule has 1 aromatic carbocycles. The van der Waals surface area contributed by atoms with Gasteiger partial charge in [0.1, 0.15) is 5.82 Å². The van der Waals surface area contributed by atoms with Crippen molar-refractivity contribution in [2.75, 3.05) is 11.9 Å². The van der Waals surface area contributed by atoms with Gasteiger partial charge in [-0.1, -0.05) is 0 Å². The molecule has 0 bridgehead atoms. The first-order chi connectivity index (χ1) is 11.4. The SMILES string of the molecule is O=C(NCCc1nccn1C(F)F)C(=O)Nc1ccc(F)c(F)c1. The summed E-state index contributed by atoms with van der Waals surface area (Å²) >= 11 is 0. The Hall–Kier alpha value is -2.91. The van der Waals surface area contributed by atoms with Crippen molar-refractivity contribution in [1.82, 2.24) is 14.9 Å². The number of nitrogens with one attached hydrogen (secondary N) is 2. The Balaban J connectivity index is 1.84. The Morgan fingerprint density at radius 2 is 1.92 bits per heavy atom. The van der Waals surface area contributed by atoms with E-state index in [1.807, 2.05) is 0 Å². The van der Waals surface area contributed by atoms with Crippen LogP contribution in [0, 0.1) is 11.6 Å². The van der Waals surface area contributed by atoms with Crippen LogP contribution < -0.4 is 10.6 Å². The maximum absolute atomic E-state index is 13.0. The van der Waals surface area contributed by atoms with Crippen LogP contribution in [0.4, 0.5) is 23.2 Å². The molecule has 1 aromatic heterocycles. The van der Waals surface area contributed by atoms with Gasteiger partial charge in [-0.25, -0.2) is 13.8 Å². The molecule has 0 fully saturated rings. The molecule has 2 amide bonds. The van der Waals surface area contributed by atoms with Crippen molar-refractivity contribution in [1.29, 1.82) is 0 Å². The van der Waals surface area contributed by atoms with Gasteiger partial charge in [-0.2, -0.15) is 8.78 Å². The number of hydrogen-bond acceptors (Lipinski definition) is 3. The minimum absolute atomic E-state index is 0.0124. The Morgan fingerprint density at radius 1 is 1.17 bits per heavy atom. The molecule has 0 atom stereocenters. The minimum atomic E-state index is -2.75. The van der Waals surface area contributed by atoms with Crippen molar-refractivity contribution in [3.63, 3.8) is 0 Å². The van der Waals surface area contributed by atoms with Crippen LogP contribution in [0.15, 0.2) is 30.6 Å². The Bertz CT molecular complexity index is 748. The number of imidazole rings is 1. The standard InChI is InChI=1S/C14H12F4N4O2/c15-9-2-1-8(7-10(9)16)21-13(24)12(23)20-4-3-11-19-5-6-22(11)14(17)18/h1-2,5-7,14H,3-4H2,(H,20,23)(H,21,24). The van der Waals surface area contributed by atoms with Gasteiger partial charge in [0.05, 0.1) is 0 Å². The smallest absolute Gasteiger partial charge is 0.319 e. The highest BCUT2D eigenvalue weighted by Crippen LogP contribution is 2.13. The zero-order chi connectivity index (χ0) is 17.7. The number of hydrogen-bond donors (Lipinski definition) is 2. The van der Waals surface area contributed by atoms with E-state index in [4.69, 9.17) is 0 Å². The van der Waals surface area contributed by atoms with Crippen molar-refractivity contribution in [2.24, 2.45) is 0 Å². The first-order valence-electron chi connectivity index (χ1n) is 6.72. The Labute approximate surface area is 133 Å². The predicted octanol–water partition coefficient (Wildman–Crippen LogP) is 1.85. The lowest BCUT2D eigenvalue weighted by molar-refractivity contribution is -0.136. The van der Waals surface area contributed by atoms with Gasteiger partial charge in [0.25, 0.3) is 0 Å². The molecular formula is C14H12F4N4O2. The molecule has 0 aliphatic rings. The number of carbonyl (C=O) groups excluding carboxylic acids is 2. The summed E-state index contributed by atoms with van der Waals surface area (Å²) in [5.74, 6) is -4.36. The summed E-state index contributed by atoms with van der Waals surface area (Å²) in [4.78, 5) is 26.9. The summed E-state index contributed by atoms with van der Waals surface area (Å²) in [5.41, 5.74) is -0.0951. The number of alkyl halides is 2. The summed E-state index contributed by atoms with van der Waals surface area (Å²) in [5, 5.41) is 4.30. The molecule has 10 heteroatoms. The van der Waals surface area contributed by atoms with Crippen LogP contribution in [0.2, 0.25) is 0 Å². The second-order valence-corrected chi connectivity index (χ2v) is 4.62. The van der Waals surface area contributed by atoms with E-state index < -0.39 is 30.0 Å². The van der Waals surface area contributed by atoms with Crippen molar-refractivity contribution >= 4 is 17.5 Å². The van der Waals surface area contributed by atoms with Crippen LogP contribution in [0.1, 0.15) is 12.4 Å². The lowest BCUT2D eigenvalue weighted by Crippen LogP contribution is -2.36. The van der Waals surface area contributed by atoms with Crippen molar-refractivity contribution in [3.05, 3.63) is 48.1 Å². The summed E-state index contributed by atoms with van der Waals surface area (Å²) in [7, 11) is 0. The van der Waals surface area contributed by atoms with Gasteiger partial charge in [-0.15, -0.1) is 0 Å². The number of benzene rings is 1. The minimum Gasteiger partial charge on any atom is -0.347 e. The summed E-state index contributed by atoms with van der Waals surface area (Å²) in [6.07, 6.45) is 2.28. The molecule has 0 saturated heterocycles. The van der Waals surface area contributed by atoms with Gasteiger partial charge in [0.15, 0.2) is 11.6 Å². The molecule has 0 radical (unpaired) electrons. The molecule has 2 aromatic rings. The normalized spacial score (nSPS) is 10.7. The van der Waals surface area contributed by atoms with Crippen LogP contribution in [0.25, 0.3) is 0 Å². The van der Waals surface area contributed by atoms with Crippen LogP contribution >= 0.6 is 0 Å². The average molecular weight is 344 g/mol. The third-order valence-corrected chi connectivity index (χ3v) is 2.98. The zero-order valence-electron chi connectivity index (χ0n) is 12.1. The summed E-state index contributed by atoms with van der Waals surface area (Å²) in [6.45, 7) is -2.86. The van der Waals surface area contributed by atoms with E-state index >= 15 is 0 Å². The average Bonchev–Trinajstić information content (AvgIpc) is 2.99. The van der Waals surface area contributed by atoms with E-state index in [9.17, 15) is 27.2 Å². The summed E-state index contributed by atoms with van der Waals surface area (Å²) < 4.78 is 51.6. The van der Waals surface area contributed by atoms with Crippen LogP contribution in [-0.4, -0.2) is 27.9 Å². The Morgan fingerprint density at radius 3 is 2.58 bits per heavy atom. The van der Waals surface area contributed by atoms with Crippen LogP contribution in [0.5, 0.6) is 0 Å². The highest BCUT2D eigenvalue weighted by molar-refractivity contribution is 6.39. The molecule has 6 nitrogen and oxygen atoms in total. The van der Waals surface area contributed by atoms with E-state index in [1.54, 1.807) is 0 Å². The van der Waals surface area contributed by atoms with Gasteiger partial charge in [0.2, 0.25) is 0 Å². The van der Waals surface area contributed by atoms with Crippen molar-refractivity contribution in [3.8, 4) is 0 Å². The molecule has 0 spiro atoms. The second kappa shape index (κ2) is 7.57. The zero-order valence-corrected chi connectivity index (χ0v) is 12.1. The largest absolute Gasteiger partial charge is 0.347 e. The second-order valence-electron chi connectivity index (χ2n) is 4.62. The molecule has 2 rings (SSSR count). The molecular weight excluding hydrogens is 332 g/mol. The lowest BCUT2D eigenvalue weighted by Gasteiger charge is -2.08. The number of carbonyl (C=O) groups is 2. The number of halogens is 4. The van der Waals surface area contributed by atoms with Gasteiger partial charge >= 0.3 is 18.4 Å². The fraction of sp³-hybridized carbons (Fsp3) is 0.214. The van der Waals surface area contributed by atoms with Crippen molar-refractivity contribution < 1.29 is 27.2 Å². The molecule has 0 saturated carbocycles. The quantitative estimate of drug-likeness (QED) is 0.642. The van der Waals surface area contributed by atoms with Crippen LogP contribution in [0.3, 0.4) is 0 Å². The maximum Gasteiger partial charge on any atom is 0.319 e. The molecule has 128 valence electrons. The molecule has 0 aliphatic carbocycles. The number of amides is 2. The van der Waals surface area contributed by atoms with E-state index in [-0.39, 0.29) is 24.5 Å². The van der Waals surface area contributed by atoms with E-state index in [0.717, 1.165) is 24.4 Å². The highest BCUT2D eigenvalue weighted by atomic mass is 19.3. The number of rotatable bonds is 5. The van der Waals surface area contributed by atoms with Crippen molar-refractivity contribution in [2.45, 2.75) is 13.0 Å². The molecule has 1 heterocycles. The third kappa shape index (κ3) is 4.31. The lowest BCUT2D eigenvalue weighted by atomic mass is 10.3. The Kier molecular flexibility index (Phi) is 5.51. The van der Waals surface area contributed by atoms with E-state index in [1.165, 1.54) is 6.20 Å². The summed E-state index contributed by atoms with van der Waals surface area (Å²) in [6, 6.07) is 2.61. The van der Waals surface area contributed by atoms with Gasteiger partial charge in [-0.05, 0) is 12.1 Å². The van der Waals surface area contributed by atoms with E-state index in [2.05, 4.69) is 15.6 Å². The van der Waals surface area contributed by atoms with Gasteiger partial charge in [0, 0.05) is 37.1 Å². The topological polar surface area (TPSA) is 76.0 Å². The number of anilines is 1. The van der Waals surface area contributed by atoms with Gasteiger partial charge < -0.3 is 10.6 Å². The maximum atomic E-state index is 13.0. The first kappa shape index (κ1) is 17.4. The van der Waals surface area contributed by atoms with Gasteiger partial charge in [-0.3, -0.25) is 14.2 Å². The fourth-order valence-electron chi connectivity index (χ4n) is 1.85.